The van der Waals surface area contributed by atoms with Crippen LogP contribution in [0.1, 0.15) is 48.8 Å². The highest BCUT2D eigenvalue weighted by Crippen LogP contribution is 2.39. The normalized spacial score (nSPS) is 14.9. The molecular formula is C18H21N3O3. The molecule has 1 aliphatic rings. The van der Waals surface area contributed by atoms with E-state index in [0.29, 0.717) is 18.2 Å². The number of nitrogens with zero attached hydrogens (tertiary/aromatic N) is 2. The minimum absolute atomic E-state index is 0.306. The van der Waals surface area contributed by atoms with E-state index < -0.39 is 12.1 Å². The fourth-order valence-electron chi connectivity index (χ4n) is 2.48. The first-order chi connectivity index (χ1) is 11.6. The molecule has 6 nitrogen and oxygen atoms in total. The van der Waals surface area contributed by atoms with E-state index in [1.165, 1.54) is 0 Å². The summed E-state index contributed by atoms with van der Waals surface area (Å²) in [6, 6.07) is 11.2. The molecule has 1 aliphatic carbocycles. The Morgan fingerprint density at radius 1 is 1.33 bits per heavy atom. The maximum Gasteiger partial charge on any atom is 0.357 e. The van der Waals surface area contributed by atoms with Gasteiger partial charge >= 0.3 is 5.97 Å². The van der Waals surface area contributed by atoms with Gasteiger partial charge in [0.1, 0.15) is 0 Å². The molecule has 24 heavy (non-hydrogen) atoms. The molecule has 6 heteroatoms. The van der Waals surface area contributed by atoms with Gasteiger partial charge in [0.05, 0.1) is 11.4 Å². The van der Waals surface area contributed by atoms with Crippen LogP contribution < -0.4 is 5.32 Å². The number of likely N-dealkylation sites (N-methyl/N-ethyl adjacent to an activating group) is 1. The van der Waals surface area contributed by atoms with Crippen LogP contribution in [0.3, 0.4) is 0 Å². The second-order valence-corrected chi connectivity index (χ2v) is 5.92. The first kappa shape index (κ1) is 16.2. The van der Waals surface area contributed by atoms with Crippen LogP contribution in [-0.2, 0) is 9.53 Å². The zero-order valence-electron chi connectivity index (χ0n) is 13.9. The first-order valence-corrected chi connectivity index (χ1v) is 8.24. The predicted octanol–water partition coefficient (Wildman–Crippen LogP) is 2.43. The zero-order chi connectivity index (χ0) is 17.1. The van der Waals surface area contributed by atoms with E-state index in [0.717, 1.165) is 24.2 Å². The smallest absolute Gasteiger partial charge is 0.357 e. The third-order valence-corrected chi connectivity index (χ3v) is 3.94. The van der Waals surface area contributed by atoms with Gasteiger partial charge in [-0.3, -0.25) is 4.79 Å². The average Bonchev–Trinajstić information content (AvgIpc) is 3.34. The Balaban J connectivity index is 1.86. The van der Waals surface area contributed by atoms with Crippen LogP contribution in [0, 0.1) is 0 Å². The van der Waals surface area contributed by atoms with Gasteiger partial charge in [-0.15, -0.1) is 0 Å². The summed E-state index contributed by atoms with van der Waals surface area (Å²) in [6.45, 7) is 3.88. The molecule has 0 spiro atoms. The first-order valence-electron chi connectivity index (χ1n) is 8.24. The van der Waals surface area contributed by atoms with Crippen LogP contribution in [0.5, 0.6) is 0 Å². The van der Waals surface area contributed by atoms with Crippen molar-refractivity contribution in [3.63, 3.8) is 0 Å². The molecule has 1 aromatic heterocycles. The highest BCUT2D eigenvalue weighted by molar-refractivity contribution is 5.91. The van der Waals surface area contributed by atoms with Gasteiger partial charge in [-0.05, 0) is 44.9 Å². The molecule has 1 fully saturated rings. The highest BCUT2D eigenvalue weighted by Gasteiger charge is 2.30. The van der Waals surface area contributed by atoms with Gasteiger partial charge in [0.2, 0.25) is 0 Å². The van der Waals surface area contributed by atoms with E-state index in [9.17, 15) is 9.59 Å². The Morgan fingerprint density at radius 2 is 2.04 bits per heavy atom. The largest absolute Gasteiger partial charge is 0.448 e. The zero-order valence-corrected chi connectivity index (χ0v) is 13.9. The molecule has 2 aromatic rings. The lowest BCUT2D eigenvalue weighted by Gasteiger charge is -2.13. The number of nitrogens with one attached hydrogen (secondary N) is 1. The number of para-hydroxylation sites is 1. The quantitative estimate of drug-likeness (QED) is 0.827. The van der Waals surface area contributed by atoms with Crippen molar-refractivity contribution in [1.82, 2.24) is 15.1 Å². The van der Waals surface area contributed by atoms with E-state index in [1.54, 1.807) is 17.7 Å². The number of hydrogen-bond acceptors (Lipinski definition) is 4. The monoisotopic (exact) mass is 327 g/mol. The summed E-state index contributed by atoms with van der Waals surface area (Å²) in [4.78, 5) is 24.3. The molecule has 1 amide bonds. The fraction of sp³-hybridized carbons (Fsp3) is 0.389. The van der Waals surface area contributed by atoms with Crippen molar-refractivity contribution >= 4 is 11.9 Å². The van der Waals surface area contributed by atoms with Crippen LogP contribution in [-0.4, -0.2) is 34.3 Å². The lowest BCUT2D eigenvalue weighted by atomic mass is 10.2. The number of benzene rings is 1. The van der Waals surface area contributed by atoms with Crippen LogP contribution in [0.25, 0.3) is 5.69 Å². The van der Waals surface area contributed by atoms with Crippen molar-refractivity contribution in [3.8, 4) is 5.69 Å². The van der Waals surface area contributed by atoms with Crippen molar-refractivity contribution in [2.24, 2.45) is 0 Å². The summed E-state index contributed by atoms with van der Waals surface area (Å²) in [5, 5.41) is 7.21. The molecule has 0 bridgehead atoms. The molecule has 0 unspecified atom stereocenters. The minimum atomic E-state index is -0.846. The van der Waals surface area contributed by atoms with Crippen LogP contribution in [0.4, 0.5) is 0 Å². The van der Waals surface area contributed by atoms with Crippen LogP contribution in [0.15, 0.2) is 36.4 Å². The summed E-state index contributed by atoms with van der Waals surface area (Å²) in [5.74, 6) is -0.432. The van der Waals surface area contributed by atoms with Crippen molar-refractivity contribution in [2.45, 2.75) is 38.7 Å². The van der Waals surface area contributed by atoms with Gasteiger partial charge in [-0.2, -0.15) is 5.10 Å². The maximum absolute atomic E-state index is 12.6. The SMILES string of the molecule is CCNC(=O)[C@@H](C)OC(=O)c1cc(C2CC2)nn1-c1ccccc1. The predicted molar refractivity (Wildman–Crippen MR) is 89.1 cm³/mol. The number of carbonyl (C=O) groups is 2. The Hall–Kier alpha value is -2.63. The number of aromatic nitrogens is 2. The number of rotatable bonds is 6. The highest BCUT2D eigenvalue weighted by atomic mass is 16.5. The topological polar surface area (TPSA) is 73.2 Å². The average molecular weight is 327 g/mol. The summed E-state index contributed by atoms with van der Waals surface area (Å²) in [5.41, 5.74) is 2.04. The molecule has 1 heterocycles. The van der Waals surface area contributed by atoms with Crippen molar-refractivity contribution in [2.75, 3.05) is 6.54 Å². The summed E-state index contributed by atoms with van der Waals surface area (Å²) in [6.07, 6.45) is 1.34. The van der Waals surface area contributed by atoms with E-state index in [-0.39, 0.29) is 5.91 Å². The second kappa shape index (κ2) is 6.86. The molecule has 0 radical (unpaired) electrons. The third-order valence-electron chi connectivity index (χ3n) is 3.94. The summed E-state index contributed by atoms with van der Waals surface area (Å²) < 4.78 is 6.91. The van der Waals surface area contributed by atoms with Gasteiger partial charge < -0.3 is 10.1 Å². The van der Waals surface area contributed by atoms with E-state index in [4.69, 9.17) is 4.74 Å². The lowest BCUT2D eigenvalue weighted by Crippen LogP contribution is -2.35. The molecule has 1 atom stereocenters. The van der Waals surface area contributed by atoms with Gasteiger partial charge in [0.15, 0.2) is 11.8 Å². The molecule has 1 aromatic carbocycles. The Bertz CT molecular complexity index is 735. The van der Waals surface area contributed by atoms with Crippen LogP contribution >= 0.6 is 0 Å². The van der Waals surface area contributed by atoms with Gasteiger partial charge in [0.25, 0.3) is 5.91 Å². The number of esters is 1. The lowest BCUT2D eigenvalue weighted by molar-refractivity contribution is -0.128. The fourth-order valence-corrected chi connectivity index (χ4v) is 2.48. The Kier molecular flexibility index (Phi) is 4.64. The van der Waals surface area contributed by atoms with Crippen molar-refractivity contribution in [1.29, 1.82) is 0 Å². The van der Waals surface area contributed by atoms with Crippen molar-refractivity contribution < 1.29 is 14.3 Å². The third kappa shape index (κ3) is 3.48. The van der Waals surface area contributed by atoms with Crippen molar-refractivity contribution in [3.05, 3.63) is 47.8 Å². The number of ether oxygens (including phenoxy) is 1. The second-order valence-electron chi connectivity index (χ2n) is 5.92. The molecule has 0 aliphatic heterocycles. The number of carbonyl (C=O) groups excluding carboxylic acids is 2. The minimum Gasteiger partial charge on any atom is -0.448 e. The standard InChI is InChI=1S/C18H21N3O3/c1-3-19-17(22)12(2)24-18(23)16-11-15(13-9-10-13)20-21(16)14-7-5-4-6-8-14/h4-8,11-13H,3,9-10H2,1-2H3,(H,19,22)/t12-/m1/s1. The van der Waals surface area contributed by atoms with Crippen LogP contribution in [0.2, 0.25) is 0 Å². The summed E-state index contributed by atoms with van der Waals surface area (Å²) >= 11 is 0. The van der Waals surface area contributed by atoms with E-state index in [1.807, 2.05) is 37.3 Å². The molecule has 0 saturated heterocycles. The van der Waals surface area contributed by atoms with E-state index >= 15 is 0 Å². The maximum atomic E-state index is 12.6. The number of amides is 1. The summed E-state index contributed by atoms with van der Waals surface area (Å²) in [7, 11) is 0. The number of hydrogen-bond donors (Lipinski definition) is 1. The molecule has 126 valence electrons. The molecule has 3 rings (SSSR count). The Labute approximate surface area is 140 Å². The van der Waals surface area contributed by atoms with Gasteiger partial charge in [-0.1, -0.05) is 18.2 Å². The van der Waals surface area contributed by atoms with Gasteiger partial charge in [0, 0.05) is 12.5 Å². The van der Waals surface area contributed by atoms with Gasteiger partial charge in [-0.25, -0.2) is 9.48 Å². The Morgan fingerprint density at radius 3 is 2.67 bits per heavy atom. The van der Waals surface area contributed by atoms with E-state index in [2.05, 4.69) is 10.4 Å². The molecular weight excluding hydrogens is 306 g/mol. The molecule has 1 saturated carbocycles. The molecule has 1 N–H and O–H groups in total.